The number of nitrogens with zero attached hydrogens (tertiary/aromatic N) is 1. The van der Waals surface area contributed by atoms with Gasteiger partial charge in [-0.2, -0.15) is 0 Å². The molecule has 0 bridgehead atoms. The lowest BCUT2D eigenvalue weighted by molar-refractivity contribution is -0.137. The normalized spacial score (nSPS) is 28.3. The van der Waals surface area contributed by atoms with Crippen LogP contribution >= 0.6 is 0 Å². The maximum absolute atomic E-state index is 12.7. The predicted molar refractivity (Wildman–Crippen MR) is 93.4 cm³/mol. The first-order chi connectivity index (χ1) is 11.5. The van der Waals surface area contributed by atoms with E-state index in [9.17, 15) is 4.79 Å². The summed E-state index contributed by atoms with van der Waals surface area (Å²) in [5.74, 6) is -0.00753. The van der Waals surface area contributed by atoms with Crippen LogP contribution < -0.4 is 10.4 Å². The Hall–Kier alpha value is -2.33. The fraction of sp³-hybridized carbons (Fsp3) is 0.350. The standard InChI is InChI=1S/C20H22N2O2/c1-19(2)14-20(18(23)21-19)13-17(15-9-5-3-6-10-15)22(24-20)16-11-7-4-8-12-16/h3-12,17H,13-14H2,1-2H3,(H,21,23)/t17-,20?/m1/s1. The Kier molecular flexibility index (Phi) is 3.39. The van der Waals surface area contributed by atoms with Crippen molar-refractivity contribution < 1.29 is 9.63 Å². The molecule has 24 heavy (non-hydrogen) atoms. The monoisotopic (exact) mass is 322 g/mol. The van der Waals surface area contributed by atoms with E-state index in [1.807, 2.05) is 67.4 Å². The summed E-state index contributed by atoms with van der Waals surface area (Å²) in [6.07, 6.45) is 1.33. The quantitative estimate of drug-likeness (QED) is 0.918. The molecule has 4 rings (SSSR count). The zero-order valence-electron chi connectivity index (χ0n) is 14.0. The minimum absolute atomic E-state index is 0.00753. The highest BCUT2D eigenvalue weighted by Crippen LogP contribution is 2.48. The molecule has 0 saturated carbocycles. The Labute approximate surface area is 142 Å². The van der Waals surface area contributed by atoms with E-state index < -0.39 is 5.60 Å². The average molecular weight is 322 g/mol. The van der Waals surface area contributed by atoms with E-state index in [-0.39, 0.29) is 17.5 Å². The van der Waals surface area contributed by atoms with Gasteiger partial charge in [0.15, 0.2) is 5.60 Å². The van der Waals surface area contributed by atoms with Gasteiger partial charge in [0, 0.05) is 18.4 Å². The highest BCUT2D eigenvalue weighted by molar-refractivity contribution is 5.89. The van der Waals surface area contributed by atoms with Crippen LogP contribution in [-0.2, 0) is 9.63 Å². The number of carbonyl (C=O) groups is 1. The van der Waals surface area contributed by atoms with Crippen LogP contribution in [0.25, 0.3) is 0 Å². The van der Waals surface area contributed by atoms with Gasteiger partial charge in [-0.15, -0.1) is 0 Å². The molecule has 0 radical (unpaired) electrons. The summed E-state index contributed by atoms with van der Waals surface area (Å²) >= 11 is 0. The van der Waals surface area contributed by atoms with Crippen molar-refractivity contribution in [2.24, 2.45) is 0 Å². The van der Waals surface area contributed by atoms with Crippen LogP contribution in [0.3, 0.4) is 0 Å². The molecular weight excluding hydrogens is 300 g/mol. The van der Waals surface area contributed by atoms with Gasteiger partial charge in [0.2, 0.25) is 0 Å². The van der Waals surface area contributed by atoms with Crippen LogP contribution in [0.1, 0.15) is 38.3 Å². The van der Waals surface area contributed by atoms with Gasteiger partial charge in [-0.1, -0.05) is 48.5 Å². The summed E-state index contributed by atoms with van der Waals surface area (Å²) in [4.78, 5) is 19.0. The number of carbonyl (C=O) groups excluding carboxylic acids is 1. The number of rotatable bonds is 2. The van der Waals surface area contributed by atoms with Crippen molar-refractivity contribution >= 4 is 11.6 Å². The van der Waals surface area contributed by atoms with E-state index in [2.05, 4.69) is 17.4 Å². The molecular formula is C20H22N2O2. The van der Waals surface area contributed by atoms with E-state index in [1.165, 1.54) is 0 Å². The van der Waals surface area contributed by atoms with Gasteiger partial charge in [0.05, 0.1) is 11.7 Å². The largest absolute Gasteiger partial charge is 0.348 e. The van der Waals surface area contributed by atoms with E-state index in [1.54, 1.807) is 0 Å². The van der Waals surface area contributed by atoms with Gasteiger partial charge in [0.1, 0.15) is 0 Å². The van der Waals surface area contributed by atoms with Crippen molar-refractivity contribution in [2.75, 3.05) is 5.06 Å². The zero-order chi connectivity index (χ0) is 16.8. The fourth-order valence-electron chi connectivity index (χ4n) is 3.92. The molecule has 4 heteroatoms. The third-order valence-electron chi connectivity index (χ3n) is 4.87. The predicted octanol–water partition coefficient (Wildman–Crippen LogP) is 3.61. The second kappa shape index (κ2) is 5.35. The van der Waals surface area contributed by atoms with Crippen LogP contribution in [0.2, 0.25) is 0 Å². The molecule has 1 spiro atoms. The lowest BCUT2D eigenvalue weighted by Gasteiger charge is -2.26. The third-order valence-corrected chi connectivity index (χ3v) is 4.87. The number of amides is 1. The van der Waals surface area contributed by atoms with Crippen molar-refractivity contribution in [3.05, 3.63) is 66.2 Å². The topological polar surface area (TPSA) is 41.6 Å². The van der Waals surface area contributed by atoms with Gasteiger partial charge in [-0.3, -0.25) is 9.63 Å². The average Bonchev–Trinajstić information content (AvgIpc) is 3.06. The fourth-order valence-corrected chi connectivity index (χ4v) is 3.92. The number of hydrogen-bond acceptors (Lipinski definition) is 3. The highest BCUT2D eigenvalue weighted by Gasteiger charge is 2.58. The Balaban J connectivity index is 1.75. The van der Waals surface area contributed by atoms with Crippen LogP contribution in [0.15, 0.2) is 60.7 Å². The first-order valence-electron chi connectivity index (χ1n) is 8.40. The molecule has 2 atom stereocenters. The maximum Gasteiger partial charge on any atom is 0.255 e. The smallest absolute Gasteiger partial charge is 0.255 e. The van der Waals surface area contributed by atoms with Gasteiger partial charge >= 0.3 is 0 Å². The summed E-state index contributed by atoms with van der Waals surface area (Å²) in [6, 6.07) is 20.3. The van der Waals surface area contributed by atoms with Crippen molar-refractivity contribution in [3.8, 4) is 0 Å². The molecule has 0 aromatic heterocycles. The first-order valence-corrected chi connectivity index (χ1v) is 8.40. The van der Waals surface area contributed by atoms with Gasteiger partial charge < -0.3 is 5.32 Å². The van der Waals surface area contributed by atoms with Gasteiger partial charge in [-0.05, 0) is 31.5 Å². The van der Waals surface area contributed by atoms with Crippen molar-refractivity contribution in [2.45, 2.75) is 43.9 Å². The van der Waals surface area contributed by atoms with Gasteiger partial charge in [-0.25, -0.2) is 5.06 Å². The number of hydroxylamine groups is 1. The number of anilines is 1. The summed E-state index contributed by atoms with van der Waals surface area (Å²) in [5, 5.41) is 4.99. The minimum Gasteiger partial charge on any atom is -0.348 e. The lowest BCUT2D eigenvalue weighted by Crippen LogP contribution is -2.39. The Morgan fingerprint density at radius 2 is 1.67 bits per heavy atom. The molecule has 1 unspecified atom stereocenters. The molecule has 0 aliphatic carbocycles. The second-order valence-corrected chi connectivity index (χ2v) is 7.39. The lowest BCUT2D eigenvalue weighted by atomic mass is 9.86. The Bertz CT molecular complexity index is 695. The molecule has 1 N–H and O–H groups in total. The van der Waals surface area contributed by atoms with E-state index in [0.717, 1.165) is 11.3 Å². The van der Waals surface area contributed by atoms with Crippen molar-refractivity contribution in [1.82, 2.24) is 5.32 Å². The van der Waals surface area contributed by atoms with Crippen LogP contribution in [0.5, 0.6) is 0 Å². The minimum atomic E-state index is -0.792. The van der Waals surface area contributed by atoms with Crippen LogP contribution in [0.4, 0.5) is 5.69 Å². The number of para-hydroxylation sites is 1. The summed E-state index contributed by atoms with van der Waals surface area (Å²) < 4.78 is 0. The maximum atomic E-state index is 12.7. The molecule has 2 aliphatic rings. The molecule has 2 heterocycles. The van der Waals surface area contributed by atoms with Crippen molar-refractivity contribution in [3.63, 3.8) is 0 Å². The van der Waals surface area contributed by atoms with Gasteiger partial charge in [0.25, 0.3) is 5.91 Å². The van der Waals surface area contributed by atoms with Crippen LogP contribution in [-0.4, -0.2) is 17.0 Å². The second-order valence-electron chi connectivity index (χ2n) is 7.39. The Morgan fingerprint density at radius 3 is 2.25 bits per heavy atom. The van der Waals surface area contributed by atoms with E-state index in [4.69, 9.17) is 4.84 Å². The molecule has 2 aliphatic heterocycles. The molecule has 124 valence electrons. The highest BCUT2D eigenvalue weighted by atomic mass is 16.7. The summed E-state index contributed by atoms with van der Waals surface area (Å²) in [6.45, 7) is 4.09. The SMILES string of the molecule is CC1(C)CC2(C[C@H](c3ccccc3)N(c3ccccc3)O2)C(=O)N1. The van der Waals surface area contributed by atoms with Crippen molar-refractivity contribution in [1.29, 1.82) is 0 Å². The zero-order valence-corrected chi connectivity index (χ0v) is 14.0. The van der Waals surface area contributed by atoms with E-state index >= 15 is 0 Å². The van der Waals surface area contributed by atoms with Crippen LogP contribution in [0, 0.1) is 0 Å². The summed E-state index contributed by atoms with van der Waals surface area (Å²) in [7, 11) is 0. The molecule has 2 fully saturated rings. The molecule has 2 saturated heterocycles. The number of hydrogen-bond donors (Lipinski definition) is 1. The Morgan fingerprint density at radius 1 is 1.04 bits per heavy atom. The molecule has 4 nitrogen and oxygen atoms in total. The third kappa shape index (κ3) is 2.47. The molecule has 1 amide bonds. The molecule has 2 aromatic rings. The van der Waals surface area contributed by atoms with E-state index in [0.29, 0.717) is 12.8 Å². The first kappa shape index (κ1) is 15.2. The summed E-state index contributed by atoms with van der Waals surface area (Å²) in [5.41, 5.74) is 1.10. The molecule has 2 aromatic carbocycles. The number of benzene rings is 2. The number of nitrogens with one attached hydrogen (secondary N) is 1.